The van der Waals surface area contributed by atoms with Gasteiger partial charge in [-0.05, 0) is 26.9 Å². The van der Waals surface area contributed by atoms with Gasteiger partial charge >= 0.3 is 0 Å². The summed E-state index contributed by atoms with van der Waals surface area (Å²) in [5, 5.41) is 0. The van der Waals surface area contributed by atoms with Gasteiger partial charge < -0.3 is 15.5 Å². The van der Waals surface area contributed by atoms with Crippen LogP contribution < -0.4 is 5.73 Å². The molecule has 0 aromatic heterocycles. The average Bonchev–Trinajstić information content (AvgIpc) is 1.94. The SMILES string of the molecule is CN(C)C1CN(C(=O)C2CC(N)C2)C1. The van der Waals surface area contributed by atoms with Crippen LogP contribution in [0, 0.1) is 5.92 Å². The van der Waals surface area contributed by atoms with Crippen LogP contribution in [0.15, 0.2) is 0 Å². The molecule has 1 amide bonds. The van der Waals surface area contributed by atoms with Crippen molar-refractivity contribution in [2.45, 2.75) is 24.9 Å². The van der Waals surface area contributed by atoms with Crippen molar-refractivity contribution in [2.75, 3.05) is 27.2 Å². The van der Waals surface area contributed by atoms with Crippen LogP contribution in [0.1, 0.15) is 12.8 Å². The van der Waals surface area contributed by atoms with E-state index < -0.39 is 0 Å². The quantitative estimate of drug-likeness (QED) is 0.649. The third-order valence-electron chi connectivity index (χ3n) is 3.43. The van der Waals surface area contributed by atoms with Gasteiger partial charge in [-0.15, -0.1) is 0 Å². The summed E-state index contributed by atoms with van der Waals surface area (Å²) < 4.78 is 0. The first-order valence-corrected chi connectivity index (χ1v) is 5.28. The lowest BCUT2D eigenvalue weighted by Crippen LogP contribution is -2.61. The topological polar surface area (TPSA) is 49.6 Å². The van der Waals surface area contributed by atoms with Gasteiger partial charge in [0.15, 0.2) is 0 Å². The summed E-state index contributed by atoms with van der Waals surface area (Å²) >= 11 is 0. The molecule has 0 aromatic rings. The van der Waals surface area contributed by atoms with Crippen molar-refractivity contribution in [1.82, 2.24) is 9.80 Å². The van der Waals surface area contributed by atoms with Gasteiger partial charge in [-0.1, -0.05) is 0 Å². The van der Waals surface area contributed by atoms with Crippen LogP contribution in [0.3, 0.4) is 0 Å². The second-order valence-corrected chi connectivity index (χ2v) is 4.79. The highest BCUT2D eigenvalue weighted by Crippen LogP contribution is 2.29. The van der Waals surface area contributed by atoms with Gasteiger partial charge in [0.25, 0.3) is 0 Å². The predicted octanol–water partition coefficient (Wildman–Crippen LogP) is -0.504. The maximum absolute atomic E-state index is 11.8. The third-order valence-corrected chi connectivity index (χ3v) is 3.43. The number of rotatable bonds is 2. The Bertz CT molecular complexity index is 230. The Morgan fingerprint density at radius 3 is 2.36 bits per heavy atom. The van der Waals surface area contributed by atoms with Crippen LogP contribution >= 0.6 is 0 Å². The number of likely N-dealkylation sites (tertiary alicyclic amines) is 1. The number of carbonyl (C=O) groups excluding carboxylic acids is 1. The molecule has 1 saturated carbocycles. The number of hydrogen-bond acceptors (Lipinski definition) is 3. The van der Waals surface area contributed by atoms with E-state index in [2.05, 4.69) is 19.0 Å². The Balaban J connectivity index is 1.74. The minimum atomic E-state index is 0.230. The molecule has 2 N–H and O–H groups in total. The van der Waals surface area contributed by atoms with Gasteiger partial charge in [-0.3, -0.25) is 4.79 Å². The van der Waals surface area contributed by atoms with E-state index in [-0.39, 0.29) is 12.0 Å². The molecular weight excluding hydrogens is 178 g/mol. The van der Waals surface area contributed by atoms with E-state index in [0.717, 1.165) is 25.9 Å². The van der Waals surface area contributed by atoms with E-state index in [1.807, 2.05) is 4.90 Å². The zero-order valence-electron chi connectivity index (χ0n) is 8.94. The standard InChI is InChI=1S/C10H19N3O/c1-12(2)9-5-13(6-9)10(14)7-3-8(11)4-7/h7-9H,3-6,11H2,1-2H3. The molecule has 0 aromatic carbocycles. The van der Waals surface area contributed by atoms with Gasteiger partial charge in [0, 0.05) is 31.1 Å². The molecule has 4 nitrogen and oxygen atoms in total. The summed E-state index contributed by atoms with van der Waals surface area (Å²) in [6.45, 7) is 1.80. The lowest BCUT2D eigenvalue weighted by Gasteiger charge is -2.46. The fraction of sp³-hybridized carbons (Fsp3) is 0.900. The molecule has 0 radical (unpaired) electrons. The zero-order chi connectivity index (χ0) is 10.3. The number of carbonyl (C=O) groups is 1. The van der Waals surface area contributed by atoms with Gasteiger partial charge in [-0.2, -0.15) is 0 Å². The third kappa shape index (κ3) is 1.64. The maximum Gasteiger partial charge on any atom is 0.225 e. The van der Waals surface area contributed by atoms with E-state index in [4.69, 9.17) is 5.73 Å². The number of amides is 1. The molecule has 2 aliphatic rings. The zero-order valence-corrected chi connectivity index (χ0v) is 8.94. The molecule has 0 bridgehead atoms. The highest BCUT2D eigenvalue weighted by molar-refractivity contribution is 5.80. The molecule has 1 aliphatic heterocycles. The predicted molar refractivity (Wildman–Crippen MR) is 54.8 cm³/mol. The second kappa shape index (κ2) is 3.51. The van der Waals surface area contributed by atoms with E-state index in [9.17, 15) is 4.79 Å². The summed E-state index contributed by atoms with van der Waals surface area (Å²) in [4.78, 5) is 15.9. The highest BCUT2D eigenvalue weighted by atomic mass is 16.2. The molecule has 0 atom stereocenters. The van der Waals surface area contributed by atoms with Crippen LogP contribution in [0.5, 0.6) is 0 Å². The Hall–Kier alpha value is -0.610. The molecule has 1 saturated heterocycles. The first kappa shape index (κ1) is 9.93. The minimum absolute atomic E-state index is 0.230. The normalized spacial score (nSPS) is 32.7. The Labute approximate surface area is 85.0 Å². The summed E-state index contributed by atoms with van der Waals surface area (Å²) in [5.41, 5.74) is 5.66. The molecule has 80 valence electrons. The lowest BCUT2D eigenvalue weighted by molar-refractivity contribution is -0.145. The average molecular weight is 197 g/mol. The summed E-state index contributed by atoms with van der Waals surface area (Å²) in [7, 11) is 4.12. The smallest absolute Gasteiger partial charge is 0.225 e. The van der Waals surface area contributed by atoms with Crippen molar-refractivity contribution in [3.8, 4) is 0 Å². The van der Waals surface area contributed by atoms with Gasteiger partial charge in [-0.25, -0.2) is 0 Å². The van der Waals surface area contributed by atoms with Crippen molar-refractivity contribution in [3.63, 3.8) is 0 Å². The van der Waals surface area contributed by atoms with E-state index >= 15 is 0 Å². The van der Waals surface area contributed by atoms with E-state index in [1.165, 1.54) is 0 Å². The molecule has 0 spiro atoms. The first-order chi connectivity index (χ1) is 6.58. The number of nitrogens with zero attached hydrogens (tertiary/aromatic N) is 2. The minimum Gasteiger partial charge on any atom is -0.339 e. The largest absolute Gasteiger partial charge is 0.339 e. The molecular formula is C10H19N3O. The molecule has 2 fully saturated rings. The van der Waals surface area contributed by atoms with Crippen molar-refractivity contribution in [3.05, 3.63) is 0 Å². The van der Waals surface area contributed by atoms with Crippen molar-refractivity contribution in [1.29, 1.82) is 0 Å². The Morgan fingerprint density at radius 1 is 1.36 bits per heavy atom. The summed E-state index contributed by atoms with van der Waals surface area (Å²) in [6, 6.07) is 0.836. The number of hydrogen-bond donors (Lipinski definition) is 1. The molecule has 4 heteroatoms. The Morgan fingerprint density at radius 2 is 1.93 bits per heavy atom. The van der Waals surface area contributed by atoms with Crippen molar-refractivity contribution >= 4 is 5.91 Å². The van der Waals surface area contributed by atoms with Crippen LogP contribution in [-0.4, -0.2) is 55.0 Å². The molecule has 14 heavy (non-hydrogen) atoms. The van der Waals surface area contributed by atoms with Crippen LogP contribution in [0.25, 0.3) is 0 Å². The maximum atomic E-state index is 11.8. The number of likely N-dealkylation sites (N-methyl/N-ethyl adjacent to an activating group) is 1. The fourth-order valence-corrected chi connectivity index (χ4v) is 2.08. The highest BCUT2D eigenvalue weighted by Gasteiger charge is 2.39. The summed E-state index contributed by atoms with van der Waals surface area (Å²) in [6.07, 6.45) is 1.78. The summed E-state index contributed by atoms with van der Waals surface area (Å²) in [5.74, 6) is 0.554. The fourth-order valence-electron chi connectivity index (χ4n) is 2.08. The molecule has 0 unspecified atom stereocenters. The van der Waals surface area contributed by atoms with Gasteiger partial charge in [0.1, 0.15) is 0 Å². The van der Waals surface area contributed by atoms with E-state index in [1.54, 1.807) is 0 Å². The first-order valence-electron chi connectivity index (χ1n) is 5.28. The lowest BCUT2D eigenvalue weighted by atomic mass is 9.79. The van der Waals surface area contributed by atoms with Gasteiger partial charge in [0.2, 0.25) is 5.91 Å². The van der Waals surface area contributed by atoms with Crippen molar-refractivity contribution < 1.29 is 4.79 Å². The molecule has 2 rings (SSSR count). The monoisotopic (exact) mass is 197 g/mol. The Kier molecular flexibility index (Phi) is 2.49. The van der Waals surface area contributed by atoms with E-state index in [0.29, 0.717) is 11.9 Å². The molecule has 1 heterocycles. The van der Waals surface area contributed by atoms with Crippen molar-refractivity contribution in [2.24, 2.45) is 11.7 Å². The van der Waals surface area contributed by atoms with Crippen LogP contribution in [0.4, 0.5) is 0 Å². The van der Waals surface area contributed by atoms with Crippen LogP contribution in [0.2, 0.25) is 0 Å². The molecule has 1 aliphatic carbocycles. The van der Waals surface area contributed by atoms with Crippen LogP contribution in [-0.2, 0) is 4.79 Å². The second-order valence-electron chi connectivity index (χ2n) is 4.79. The van der Waals surface area contributed by atoms with Gasteiger partial charge in [0.05, 0.1) is 0 Å². The number of nitrogens with two attached hydrogens (primary N) is 1.